The van der Waals surface area contributed by atoms with Crippen LogP contribution in [0.4, 0.5) is 11.4 Å². The second-order valence-corrected chi connectivity index (χ2v) is 6.10. The van der Waals surface area contributed by atoms with Crippen molar-refractivity contribution in [1.29, 1.82) is 0 Å². The molecule has 6 nitrogen and oxygen atoms in total. The molecule has 0 radical (unpaired) electrons. The molecule has 0 aliphatic carbocycles. The van der Waals surface area contributed by atoms with Crippen LogP contribution in [0.25, 0.3) is 0 Å². The van der Waals surface area contributed by atoms with Gasteiger partial charge < -0.3 is 16.4 Å². The van der Waals surface area contributed by atoms with Gasteiger partial charge in [-0.1, -0.05) is 24.3 Å². The number of pyridine rings is 1. The summed E-state index contributed by atoms with van der Waals surface area (Å²) in [7, 11) is 0. The van der Waals surface area contributed by atoms with Gasteiger partial charge >= 0.3 is 0 Å². The Labute approximate surface area is 157 Å². The fourth-order valence-electron chi connectivity index (χ4n) is 2.63. The molecule has 0 aliphatic rings. The molecule has 1 aromatic heterocycles. The lowest BCUT2D eigenvalue weighted by molar-refractivity contribution is 0.101. The zero-order valence-electron chi connectivity index (χ0n) is 14.8. The minimum absolute atomic E-state index is 0.260. The van der Waals surface area contributed by atoms with Crippen LogP contribution in [0.2, 0.25) is 0 Å². The topological polar surface area (TPSA) is 97.1 Å². The number of benzene rings is 2. The highest BCUT2D eigenvalue weighted by Gasteiger charge is 2.15. The normalized spacial score (nSPS) is 11.5. The zero-order valence-corrected chi connectivity index (χ0v) is 14.8. The third kappa shape index (κ3) is 4.56. The molecule has 3 aromatic rings. The van der Waals surface area contributed by atoms with E-state index in [1.54, 1.807) is 67.0 Å². The summed E-state index contributed by atoms with van der Waals surface area (Å²) in [6.07, 6.45) is 3.20. The lowest BCUT2D eigenvalue weighted by Crippen LogP contribution is -2.18. The van der Waals surface area contributed by atoms with E-state index in [2.05, 4.69) is 15.6 Å². The van der Waals surface area contributed by atoms with E-state index in [4.69, 9.17) is 5.73 Å². The van der Waals surface area contributed by atoms with Crippen molar-refractivity contribution in [3.8, 4) is 0 Å². The molecule has 1 heterocycles. The van der Waals surface area contributed by atoms with E-state index < -0.39 is 0 Å². The van der Waals surface area contributed by atoms with Crippen LogP contribution in [0.3, 0.4) is 0 Å². The maximum atomic E-state index is 12.5. The summed E-state index contributed by atoms with van der Waals surface area (Å²) in [6, 6.07) is 17.1. The largest absolute Gasteiger partial charge is 0.324 e. The average molecular weight is 360 g/mol. The highest BCUT2D eigenvalue weighted by molar-refractivity contribution is 6.07. The number of amides is 2. The predicted molar refractivity (Wildman–Crippen MR) is 106 cm³/mol. The van der Waals surface area contributed by atoms with Gasteiger partial charge in [0.25, 0.3) is 11.8 Å². The van der Waals surface area contributed by atoms with Crippen LogP contribution < -0.4 is 16.4 Å². The Hall–Kier alpha value is -3.51. The number of aromatic nitrogens is 1. The number of hydrogen-bond donors (Lipinski definition) is 3. The standard InChI is InChI=1S/C21H20N4O2/c1-14(22)18-8-7-16(21(27)24-17-9-11-23-12-10-17)13-19(18)25-20(26)15-5-3-2-4-6-15/h2-14H,22H2,1H3,(H,25,26)(H,23,24,27). The number of nitrogens with two attached hydrogens (primary N) is 1. The summed E-state index contributed by atoms with van der Waals surface area (Å²) in [5.41, 5.74) is 8.87. The van der Waals surface area contributed by atoms with Gasteiger partial charge in [-0.25, -0.2) is 0 Å². The lowest BCUT2D eigenvalue weighted by Gasteiger charge is -2.15. The van der Waals surface area contributed by atoms with E-state index in [-0.39, 0.29) is 17.9 Å². The first-order valence-electron chi connectivity index (χ1n) is 8.52. The fourth-order valence-corrected chi connectivity index (χ4v) is 2.63. The predicted octanol–water partition coefficient (Wildman–Crippen LogP) is 3.61. The third-order valence-electron chi connectivity index (χ3n) is 4.03. The number of carbonyl (C=O) groups is 2. The van der Waals surface area contributed by atoms with Gasteiger partial charge in [0.2, 0.25) is 0 Å². The van der Waals surface area contributed by atoms with Gasteiger partial charge in [-0.05, 0) is 48.9 Å². The van der Waals surface area contributed by atoms with Crippen LogP contribution in [0.15, 0.2) is 73.1 Å². The number of nitrogens with one attached hydrogen (secondary N) is 2. The second kappa shape index (κ2) is 8.25. The van der Waals surface area contributed by atoms with Crippen molar-refractivity contribution in [2.24, 2.45) is 5.73 Å². The number of hydrogen-bond acceptors (Lipinski definition) is 4. The molecule has 4 N–H and O–H groups in total. The Kier molecular flexibility index (Phi) is 5.58. The first-order valence-corrected chi connectivity index (χ1v) is 8.52. The first kappa shape index (κ1) is 18.3. The van der Waals surface area contributed by atoms with Gasteiger partial charge in [-0.3, -0.25) is 14.6 Å². The number of carbonyl (C=O) groups excluding carboxylic acids is 2. The molecule has 0 fully saturated rings. The molecular weight excluding hydrogens is 340 g/mol. The molecule has 1 atom stereocenters. The van der Waals surface area contributed by atoms with Crippen molar-refractivity contribution in [2.45, 2.75) is 13.0 Å². The van der Waals surface area contributed by atoms with Crippen molar-refractivity contribution in [1.82, 2.24) is 4.98 Å². The molecule has 0 saturated carbocycles. The minimum Gasteiger partial charge on any atom is -0.324 e. The van der Waals surface area contributed by atoms with Crippen molar-refractivity contribution in [3.05, 3.63) is 89.7 Å². The molecule has 0 saturated heterocycles. The second-order valence-electron chi connectivity index (χ2n) is 6.10. The summed E-state index contributed by atoms with van der Waals surface area (Å²) < 4.78 is 0. The van der Waals surface area contributed by atoms with E-state index in [0.717, 1.165) is 5.56 Å². The van der Waals surface area contributed by atoms with E-state index in [9.17, 15) is 9.59 Å². The highest BCUT2D eigenvalue weighted by Crippen LogP contribution is 2.24. The monoisotopic (exact) mass is 360 g/mol. The number of nitrogens with zero attached hydrogens (tertiary/aromatic N) is 1. The van der Waals surface area contributed by atoms with Crippen molar-refractivity contribution in [2.75, 3.05) is 10.6 Å². The summed E-state index contributed by atoms with van der Waals surface area (Å²) in [5.74, 6) is -0.545. The molecule has 2 amide bonds. The average Bonchev–Trinajstić information content (AvgIpc) is 2.69. The zero-order chi connectivity index (χ0) is 19.2. The molecule has 6 heteroatoms. The molecule has 1 unspecified atom stereocenters. The Morgan fingerprint density at radius 1 is 0.889 bits per heavy atom. The Morgan fingerprint density at radius 3 is 2.22 bits per heavy atom. The van der Waals surface area contributed by atoms with Gasteiger partial charge in [-0.15, -0.1) is 0 Å². The van der Waals surface area contributed by atoms with Crippen molar-refractivity contribution >= 4 is 23.2 Å². The summed E-state index contributed by atoms with van der Waals surface area (Å²) >= 11 is 0. The van der Waals surface area contributed by atoms with E-state index in [0.29, 0.717) is 22.5 Å². The maximum Gasteiger partial charge on any atom is 0.255 e. The smallest absolute Gasteiger partial charge is 0.255 e. The van der Waals surface area contributed by atoms with Gasteiger partial charge in [0, 0.05) is 40.9 Å². The van der Waals surface area contributed by atoms with Crippen LogP contribution in [0, 0.1) is 0 Å². The fraction of sp³-hybridized carbons (Fsp3) is 0.0952. The van der Waals surface area contributed by atoms with Crippen molar-refractivity contribution < 1.29 is 9.59 Å². The summed E-state index contributed by atoms with van der Waals surface area (Å²) in [6.45, 7) is 1.82. The van der Waals surface area contributed by atoms with Crippen LogP contribution in [0.5, 0.6) is 0 Å². The molecule has 136 valence electrons. The van der Waals surface area contributed by atoms with Crippen LogP contribution in [-0.2, 0) is 0 Å². The SMILES string of the molecule is CC(N)c1ccc(C(=O)Nc2ccncc2)cc1NC(=O)c1ccccc1. The molecule has 2 aromatic carbocycles. The minimum atomic E-state index is -0.298. The van der Waals surface area contributed by atoms with Gasteiger partial charge in [0.05, 0.1) is 0 Å². The van der Waals surface area contributed by atoms with Gasteiger partial charge in [0.1, 0.15) is 0 Å². The lowest BCUT2D eigenvalue weighted by atomic mass is 10.0. The summed E-state index contributed by atoms with van der Waals surface area (Å²) in [4.78, 5) is 28.9. The molecule has 0 bridgehead atoms. The Morgan fingerprint density at radius 2 is 1.56 bits per heavy atom. The molecule has 0 spiro atoms. The van der Waals surface area contributed by atoms with E-state index >= 15 is 0 Å². The van der Waals surface area contributed by atoms with Crippen LogP contribution >= 0.6 is 0 Å². The highest BCUT2D eigenvalue weighted by atomic mass is 16.2. The van der Waals surface area contributed by atoms with Gasteiger partial charge in [-0.2, -0.15) is 0 Å². The van der Waals surface area contributed by atoms with Gasteiger partial charge in [0.15, 0.2) is 0 Å². The number of rotatable bonds is 5. The quantitative estimate of drug-likeness (QED) is 0.647. The Bertz CT molecular complexity index is 941. The molecular formula is C21H20N4O2. The van der Waals surface area contributed by atoms with E-state index in [1.165, 1.54) is 0 Å². The molecule has 0 aliphatic heterocycles. The van der Waals surface area contributed by atoms with Crippen LogP contribution in [0.1, 0.15) is 39.2 Å². The van der Waals surface area contributed by atoms with Crippen molar-refractivity contribution in [3.63, 3.8) is 0 Å². The number of anilines is 2. The van der Waals surface area contributed by atoms with E-state index in [1.807, 2.05) is 13.0 Å². The summed E-state index contributed by atoms with van der Waals surface area (Å²) in [5, 5.41) is 5.65. The maximum absolute atomic E-state index is 12.5. The molecule has 27 heavy (non-hydrogen) atoms. The third-order valence-corrected chi connectivity index (χ3v) is 4.03. The first-order chi connectivity index (χ1) is 13.0. The molecule has 3 rings (SSSR count). The van der Waals surface area contributed by atoms with Crippen LogP contribution in [-0.4, -0.2) is 16.8 Å². The Balaban J connectivity index is 1.86.